The number of anilines is 1. The predicted molar refractivity (Wildman–Crippen MR) is 91.1 cm³/mol. The van der Waals surface area contributed by atoms with Gasteiger partial charge in [0.05, 0.1) is 11.7 Å². The Hall–Kier alpha value is -2.95. The number of carbonyl (C=O) groups excluding carboxylic acids is 2. The highest BCUT2D eigenvalue weighted by atomic mass is 19.1. The Balaban J connectivity index is 1.94. The molecule has 0 bridgehead atoms. The van der Waals surface area contributed by atoms with Crippen LogP contribution in [0.5, 0.6) is 0 Å². The fourth-order valence-electron chi connectivity index (χ4n) is 1.90. The first-order valence-electron chi connectivity index (χ1n) is 7.50. The molecule has 24 heavy (non-hydrogen) atoms. The van der Waals surface area contributed by atoms with Gasteiger partial charge in [0.15, 0.2) is 0 Å². The van der Waals surface area contributed by atoms with E-state index in [2.05, 4.69) is 5.32 Å². The molecule has 5 heteroatoms. The van der Waals surface area contributed by atoms with Gasteiger partial charge >= 0.3 is 5.97 Å². The van der Waals surface area contributed by atoms with Crippen LogP contribution in [0.15, 0.2) is 54.6 Å². The van der Waals surface area contributed by atoms with Gasteiger partial charge in [0.1, 0.15) is 5.82 Å². The molecule has 124 valence electrons. The molecule has 0 fully saturated rings. The minimum atomic E-state index is -0.404. The molecule has 0 aliphatic rings. The normalized spacial score (nSPS) is 10.8. The van der Waals surface area contributed by atoms with Gasteiger partial charge in [-0.05, 0) is 61.9 Å². The molecule has 0 spiro atoms. The molecule has 2 aromatic rings. The predicted octanol–water partition coefficient (Wildman–Crippen LogP) is 4.04. The summed E-state index contributed by atoms with van der Waals surface area (Å²) in [6.45, 7) is 3.56. The summed E-state index contributed by atoms with van der Waals surface area (Å²) in [5, 5.41) is 2.68. The smallest absolute Gasteiger partial charge is 0.338 e. The first-order valence-corrected chi connectivity index (χ1v) is 7.50. The van der Waals surface area contributed by atoms with Gasteiger partial charge in [-0.3, -0.25) is 4.79 Å². The molecule has 2 aromatic carbocycles. The molecule has 2 rings (SSSR count). The molecule has 0 unspecified atom stereocenters. The van der Waals surface area contributed by atoms with Gasteiger partial charge in [0, 0.05) is 11.8 Å². The molecule has 4 nitrogen and oxygen atoms in total. The van der Waals surface area contributed by atoms with E-state index in [0.29, 0.717) is 11.3 Å². The van der Waals surface area contributed by atoms with Gasteiger partial charge in [-0.15, -0.1) is 0 Å². The summed E-state index contributed by atoms with van der Waals surface area (Å²) in [5.74, 6) is -1.05. The zero-order chi connectivity index (χ0) is 17.5. The van der Waals surface area contributed by atoms with Crippen molar-refractivity contribution in [1.82, 2.24) is 0 Å². The lowest BCUT2D eigenvalue weighted by atomic mass is 10.2. The third-order valence-electron chi connectivity index (χ3n) is 3.03. The maximum absolute atomic E-state index is 12.8. The molecule has 0 saturated heterocycles. The minimum absolute atomic E-state index is 0.187. The molecule has 0 radical (unpaired) electrons. The maximum Gasteiger partial charge on any atom is 0.338 e. The van der Waals surface area contributed by atoms with Gasteiger partial charge in [-0.25, -0.2) is 9.18 Å². The van der Waals surface area contributed by atoms with Crippen LogP contribution >= 0.6 is 0 Å². The van der Waals surface area contributed by atoms with Crippen LogP contribution in [0.1, 0.15) is 29.8 Å². The second kappa shape index (κ2) is 8.06. The Morgan fingerprint density at radius 3 is 2.25 bits per heavy atom. The van der Waals surface area contributed by atoms with Crippen molar-refractivity contribution in [3.8, 4) is 0 Å². The van der Waals surface area contributed by atoms with E-state index in [1.54, 1.807) is 56.3 Å². The van der Waals surface area contributed by atoms with Crippen molar-refractivity contribution in [1.29, 1.82) is 0 Å². The highest BCUT2D eigenvalue weighted by Crippen LogP contribution is 2.12. The lowest BCUT2D eigenvalue weighted by Crippen LogP contribution is -2.12. The Bertz CT molecular complexity index is 734. The summed E-state index contributed by atoms with van der Waals surface area (Å²) >= 11 is 0. The Morgan fingerprint density at radius 2 is 1.67 bits per heavy atom. The number of carbonyl (C=O) groups is 2. The second-order valence-corrected chi connectivity index (χ2v) is 5.41. The molecule has 0 aliphatic heterocycles. The van der Waals surface area contributed by atoms with Crippen molar-refractivity contribution < 1.29 is 18.7 Å². The molecule has 0 heterocycles. The zero-order valence-corrected chi connectivity index (χ0v) is 13.5. The lowest BCUT2D eigenvalue weighted by Gasteiger charge is -2.08. The third-order valence-corrected chi connectivity index (χ3v) is 3.03. The molecule has 1 N–H and O–H groups in total. The number of benzene rings is 2. The van der Waals surface area contributed by atoms with Crippen LogP contribution in [-0.2, 0) is 9.53 Å². The molecular formula is C19H18FNO3. The number of ether oxygens (including phenoxy) is 1. The largest absolute Gasteiger partial charge is 0.459 e. The average Bonchev–Trinajstić information content (AvgIpc) is 2.54. The number of hydrogen-bond donors (Lipinski definition) is 1. The van der Waals surface area contributed by atoms with E-state index in [1.165, 1.54) is 18.2 Å². The molecule has 0 aliphatic carbocycles. The molecule has 0 saturated carbocycles. The molecule has 0 aromatic heterocycles. The van der Waals surface area contributed by atoms with Crippen molar-refractivity contribution in [3.63, 3.8) is 0 Å². The summed E-state index contributed by atoms with van der Waals surface area (Å²) in [6.07, 6.45) is 2.76. The number of hydrogen-bond acceptors (Lipinski definition) is 3. The first-order chi connectivity index (χ1) is 11.4. The summed E-state index contributed by atoms with van der Waals surface area (Å²) in [5.41, 5.74) is 1.70. The average molecular weight is 327 g/mol. The SMILES string of the molecule is CC(C)OC(=O)c1ccc(NC(=O)/C=C/c2ccc(F)cc2)cc1. The summed E-state index contributed by atoms with van der Waals surface area (Å²) in [6, 6.07) is 12.2. The number of amides is 1. The van der Waals surface area contributed by atoms with Crippen LogP contribution < -0.4 is 5.32 Å². The molecule has 1 amide bonds. The quantitative estimate of drug-likeness (QED) is 0.666. The summed E-state index contributed by atoms with van der Waals surface area (Å²) < 4.78 is 17.9. The maximum atomic E-state index is 12.8. The topological polar surface area (TPSA) is 55.4 Å². The van der Waals surface area contributed by atoms with Gasteiger partial charge in [0.2, 0.25) is 5.91 Å². The zero-order valence-electron chi connectivity index (χ0n) is 13.5. The molecule has 0 atom stereocenters. The van der Waals surface area contributed by atoms with Crippen LogP contribution in [0.3, 0.4) is 0 Å². The van der Waals surface area contributed by atoms with Gasteiger partial charge in [0.25, 0.3) is 0 Å². The monoisotopic (exact) mass is 327 g/mol. The van der Waals surface area contributed by atoms with Crippen molar-refractivity contribution >= 4 is 23.6 Å². The van der Waals surface area contributed by atoms with Crippen molar-refractivity contribution in [2.45, 2.75) is 20.0 Å². The summed E-state index contributed by atoms with van der Waals surface area (Å²) in [4.78, 5) is 23.6. The first kappa shape index (κ1) is 17.4. The van der Waals surface area contributed by atoms with E-state index < -0.39 is 5.97 Å². The molecular weight excluding hydrogens is 309 g/mol. The standard InChI is InChI=1S/C19H18FNO3/c1-13(2)24-19(23)15-6-10-17(11-7-15)21-18(22)12-5-14-3-8-16(20)9-4-14/h3-13H,1-2H3,(H,21,22)/b12-5+. The number of rotatable bonds is 5. The lowest BCUT2D eigenvalue weighted by molar-refractivity contribution is -0.111. The number of esters is 1. The highest BCUT2D eigenvalue weighted by Gasteiger charge is 2.09. The minimum Gasteiger partial charge on any atom is -0.459 e. The van der Waals surface area contributed by atoms with Crippen molar-refractivity contribution in [2.24, 2.45) is 0 Å². The van der Waals surface area contributed by atoms with Crippen LogP contribution in [0.25, 0.3) is 6.08 Å². The van der Waals surface area contributed by atoms with Crippen molar-refractivity contribution in [3.05, 3.63) is 71.6 Å². The van der Waals surface area contributed by atoms with E-state index in [1.807, 2.05) is 0 Å². The van der Waals surface area contributed by atoms with Gasteiger partial charge in [-0.1, -0.05) is 12.1 Å². The second-order valence-electron chi connectivity index (χ2n) is 5.41. The van der Waals surface area contributed by atoms with Crippen LogP contribution in [0.2, 0.25) is 0 Å². The Morgan fingerprint density at radius 1 is 1.04 bits per heavy atom. The fraction of sp³-hybridized carbons (Fsp3) is 0.158. The van der Waals surface area contributed by atoms with E-state index >= 15 is 0 Å². The van der Waals surface area contributed by atoms with Crippen LogP contribution in [0.4, 0.5) is 10.1 Å². The fourth-order valence-corrected chi connectivity index (χ4v) is 1.90. The van der Waals surface area contributed by atoms with E-state index in [-0.39, 0.29) is 17.8 Å². The third kappa shape index (κ3) is 5.35. The van der Waals surface area contributed by atoms with E-state index in [9.17, 15) is 14.0 Å². The summed E-state index contributed by atoms with van der Waals surface area (Å²) in [7, 11) is 0. The van der Waals surface area contributed by atoms with Gasteiger partial charge < -0.3 is 10.1 Å². The van der Waals surface area contributed by atoms with Crippen LogP contribution in [0, 0.1) is 5.82 Å². The van der Waals surface area contributed by atoms with Gasteiger partial charge in [-0.2, -0.15) is 0 Å². The number of nitrogens with one attached hydrogen (secondary N) is 1. The highest BCUT2D eigenvalue weighted by molar-refractivity contribution is 6.02. The number of halogens is 1. The van der Waals surface area contributed by atoms with E-state index in [0.717, 1.165) is 5.56 Å². The Labute approximate surface area is 140 Å². The van der Waals surface area contributed by atoms with Crippen molar-refractivity contribution in [2.75, 3.05) is 5.32 Å². The Kier molecular flexibility index (Phi) is 5.84. The van der Waals surface area contributed by atoms with Crippen LogP contribution in [-0.4, -0.2) is 18.0 Å². The van der Waals surface area contributed by atoms with E-state index in [4.69, 9.17) is 4.74 Å².